The molecule has 108 valence electrons. The SMILES string of the molecule is C=C=C(C)C.OCCOCCOCCOCCO. The first-order valence-corrected chi connectivity index (χ1v) is 5.97. The van der Waals surface area contributed by atoms with Crippen molar-refractivity contribution in [3.8, 4) is 0 Å². The highest BCUT2D eigenvalue weighted by molar-refractivity contribution is 4.87. The maximum absolute atomic E-state index is 8.36. The third kappa shape index (κ3) is 24.5. The van der Waals surface area contributed by atoms with Crippen LogP contribution in [0.3, 0.4) is 0 Å². The Hall–Kier alpha value is -0.680. The van der Waals surface area contributed by atoms with E-state index in [9.17, 15) is 0 Å². The van der Waals surface area contributed by atoms with Gasteiger partial charge < -0.3 is 24.4 Å². The van der Waals surface area contributed by atoms with Gasteiger partial charge in [0.2, 0.25) is 0 Å². The van der Waals surface area contributed by atoms with Gasteiger partial charge in [0.05, 0.1) is 52.9 Å². The fraction of sp³-hybridized carbons (Fsp3) is 0.769. The highest BCUT2D eigenvalue weighted by atomic mass is 16.5. The molecule has 0 saturated heterocycles. The summed E-state index contributed by atoms with van der Waals surface area (Å²) >= 11 is 0. The maximum atomic E-state index is 8.36. The molecule has 0 rings (SSSR count). The Kier molecular flexibility index (Phi) is 20.4. The molecule has 2 N–H and O–H groups in total. The van der Waals surface area contributed by atoms with Crippen molar-refractivity contribution in [3.63, 3.8) is 0 Å². The van der Waals surface area contributed by atoms with E-state index in [0.717, 1.165) is 5.57 Å². The summed E-state index contributed by atoms with van der Waals surface area (Å²) in [4.78, 5) is 0. The predicted molar refractivity (Wildman–Crippen MR) is 70.6 cm³/mol. The summed E-state index contributed by atoms with van der Waals surface area (Å²) in [6.07, 6.45) is 0. The Balaban J connectivity index is 0. The lowest BCUT2D eigenvalue weighted by molar-refractivity contribution is 0.00230. The summed E-state index contributed by atoms with van der Waals surface area (Å²) in [5.41, 5.74) is 3.84. The molecule has 0 aliphatic carbocycles. The molecule has 0 aromatic carbocycles. The van der Waals surface area contributed by atoms with Gasteiger partial charge in [-0.15, -0.1) is 5.73 Å². The second-order valence-corrected chi connectivity index (χ2v) is 3.46. The van der Waals surface area contributed by atoms with Crippen molar-refractivity contribution >= 4 is 0 Å². The normalized spacial score (nSPS) is 9.33. The molecule has 0 atom stereocenters. The number of hydrogen-bond acceptors (Lipinski definition) is 5. The van der Waals surface area contributed by atoms with Crippen LogP contribution in [-0.4, -0.2) is 63.1 Å². The maximum Gasteiger partial charge on any atom is 0.0701 e. The van der Waals surface area contributed by atoms with E-state index in [4.69, 9.17) is 24.4 Å². The molecule has 0 radical (unpaired) electrons. The van der Waals surface area contributed by atoms with Crippen LogP contribution in [0, 0.1) is 0 Å². The fourth-order valence-corrected chi connectivity index (χ4v) is 0.671. The van der Waals surface area contributed by atoms with Crippen LogP contribution >= 0.6 is 0 Å². The summed E-state index contributed by atoms with van der Waals surface area (Å²) in [5.74, 6) is 0. The number of hydrogen-bond donors (Lipinski definition) is 2. The lowest BCUT2D eigenvalue weighted by Gasteiger charge is -2.04. The van der Waals surface area contributed by atoms with E-state index in [0.29, 0.717) is 39.6 Å². The molecule has 0 unspecified atom stereocenters. The van der Waals surface area contributed by atoms with Gasteiger partial charge in [-0.2, -0.15) is 0 Å². The molecular weight excluding hydrogens is 236 g/mol. The van der Waals surface area contributed by atoms with Gasteiger partial charge in [0, 0.05) is 0 Å². The fourth-order valence-electron chi connectivity index (χ4n) is 0.671. The molecule has 5 heteroatoms. The second kappa shape index (κ2) is 18.7. The van der Waals surface area contributed by atoms with Crippen molar-refractivity contribution in [2.45, 2.75) is 13.8 Å². The zero-order valence-electron chi connectivity index (χ0n) is 11.5. The highest BCUT2D eigenvalue weighted by Gasteiger charge is 1.89. The van der Waals surface area contributed by atoms with Crippen LogP contribution in [0.5, 0.6) is 0 Å². The minimum absolute atomic E-state index is 0.0413. The molecule has 0 spiro atoms. The number of allylic oxidation sites excluding steroid dienone is 1. The van der Waals surface area contributed by atoms with Gasteiger partial charge in [-0.25, -0.2) is 0 Å². The number of rotatable bonds is 10. The lowest BCUT2D eigenvalue weighted by atomic mass is 10.4. The summed E-state index contributed by atoms with van der Waals surface area (Å²) < 4.78 is 15.0. The van der Waals surface area contributed by atoms with E-state index < -0.39 is 0 Å². The minimum atomic E-state index is 0.0413. The van der Waals surface area contributed by atoms with E-state index in [1.54, 1.807) is 0 Å². The molecule has 5 nitrogen and oxygen atoms in total. The monoisotopic (exact) mass is 262 g/mol. The van der Waals surface area contributed by atoms with Crippen molar-refractivity contribution in [3.05, 3.63) is 17.9 Å². The van der Waals surface area contributed by atoms with Crippen LogP contribution in [0.25, 0.3) is 0 Å². The summed E-state index contributed by atoms with van der Waals surface area (Å²) in [7, 11) is 0. The molecule has 0 aliphatic heterocycles. The molecule has 0 aliphatic rings. The smallest absolute Gasteiger partial charge is 0.0701 e. The molecule has 0 heterocycles. The third-order valence-electron chi connectivity index (χ3n) is 1.57. The topological polar surface area (TPSA) is 68.2 Å². The van der Waals surface area contributed by atoms with Crippen molar-refractivity contribution in [1.29, 1.82) is 0 Å². The number of aliphatic hydroxyl groups is 2. The van der Waals surface area contributed by atoms with E-state index in [1.165, 1.54) is 0 Å². The average molecular weight is 262 g/mol. The van der Waals surface area contributed by atoms with Gasteiger partial charge in [0.1, 0.15) is 0 Å². The van der Waals surface area contributed by atoms with Crippen molar-refractivity contribution in [1.82, 2.24) is 0 Å². The first-order valence-electron chi connectivity index (χ1n) is 5.97. The van der Waals surface area contributed by atoms with E-state index in [-0.39, 0.29) is 13.2 Å². The molecule has 0 amide bonds. The third-order valence-corrected chi connectivity index (χ3v) is 1.57. The Morgan fingerprint density at radius 2 is 1.11 bits per heavy atom. The van der Waals surface area contributed by atoms with Crippen LogP contribution in [0.4, 0.5) is 0 Å². The van der Waals surface area contributed by atoms with E-state index in [1.807, 2.05) is 13.8 Å². The molecule has 0 aromatic heterocycles. The highest BCUT2D eigenvalue weighted by Crippen LogP contribution is 1.80. The lowest BCUT2D eigenvalue weighted by Crippen LogP contribution is -2.11. The molecule has 0 saturated carbocycles. The first-order chi connectivity index (χ1) is 8.68. The summed E-state index contributed by atoms with van der Waals surface area (Å²) in [5, 5.41) is 16.7. The van der Waals surface area contributed by atoms with Gasteiger partial charge in [0.25, 0.3) is 0 Å². The second-order valence-electron chi connectivity index (χ2n) is 3.46. The zero-order valence-corrected chi connectivity index (χ0v) is 11.5. The Labute approximate surface area is 110 Å². The van der Waals surface area contributed by atoms with Gasteiger partial charge in [-0.1, -0.05) is 6.58 Å². The van der Waals surface area contributed by atoms with Crippen molar-refractivity contribution < 1.29 is 24.4 Å². The Bertz CT molecular complexity index is 186. The predicted octanol–water partition coefficient (Wildman–Crippen LogP) is 0.758. The minimum Gasteiger partial charge on any atom is -0.394 e. The number of ether oxygens (including phenoxy) is 3. The van der Waals surface area contributed by atoms with E-state index >= 15 is 0 Å². The van der Waals surface area contributed by atoms with Crippen molar-refractivity contribution in [2.75, 3.05) is 52.9 Å². The van der Waals surface area contributed by atoms with Gasteiger partial charge in [-0.3, -0.25) is 0 Å². The zero-order chi connectivity index (χ0) is 14.1. The number of aliphatic hydroxyl groups excluding tert-OH is 2. The van der Waals surface area contributed by atoms with Crippen LogP contribution in [0.1, 0.15) is 13.8 Å². The summed E-state index contributed by atoms with van der Waals surface area (Å²) in [6, 6.07) is 0. The first kappa shape index (κ1) is 19.7. The standard InChI is InChI=1S/C8H18O5.C5H8/c9-1-3-11-5-7-13-8-6-12-4-2-10;1-4-5(2)3/h9-10H,1-8H2;1H2,2-3H3. The molecule has 0 fully saturated rings. The average Bonchev–Trinajstić information content (AvgIpc) is 2.37. The van der Waals surface area contributed by atoms with Crippen LogP contribution < -0.4 is 0 Å². The van der Waals surface area contributed by atoms with Crippen LogP contribution in [0.2, 0.25) is 0 Å². The van der Waals surface area contributed by atoms with Crippen LogP contribution in [0.15, 0.2) is 17.9 Å². The molecular formula is C13H26O5. The van der Waals surface area contributed by atoms with Gasteiger partial charge in [-0.05, 0) is 19.4 Å². The van der Waals surface area contributed by atoms with Gasteiger partial charge in [0.15, 0.2) is 0 Å². The molecule has 18 heavy (non-hydrogen) atoms. The van der Waals surface area contributed by atoms with Crippen molar-refractivity contribution in [2.24, 2.45) is 0 Å². The van der Waals surface area contributed by atoms with E-state index in [2.05, 4.69) is 12.3 Å². The van der Waals surface area contributed by atoms with Crippen LogP contribution in [-0.2, 0) is 14.2 Å². The molecule has 0 bridgehead atoms. The van der Waals surface area contributed by atoms with Gasteiger partial charge >= 0.3 is 0 Å². The largest absolute Gasteiger partial charge is 0.394 e. The summed E-state index contributed by atoms with van der Waals surface area (Å²) in [6.45, 7) is 10.1. The Morgan fingerprint density at radius 1 is 0.833 bits per heavy atom. The Morgan fingerprint density at radius 3 is 1.33 bits per heavy atom. The molecule has 0 aromatic rings. The quantitative estimate of drug-likeness (QED) is 0.449.